The standard InChI is InChI=1S/C13H17F2NO2/c1-8(2)5-10(17)7-16-13(18)9-3-4-11(14)12(15)6-9/h3-4,6,8,10,17H,5,7H2,1-2H3,(H,16,18). The van der Waals surface area contributed by atoms with Crippen LogP contribution in [0.5, 0.6) is 0 Å². The molecule has 0 fully saturated rings. The Balaban J connectivity index is 2.52. The summed E-state index contributed by atoms with van der Waals surface area (Å²) < 4.78 is 25.6. The normalized spacial score (nSPS) is 12.6. The van der Waals surface area contributed by atoms with Crippen LogP contribution in [0.25, 0.3) is 0 Å². The Hall–Kier alpha value is -1.49. The third-order valence-corrected chi connectivity index (χ3v) is 2.42. The Labute approximate surface area is 105 Å². The molecular formula is C13H17F2NO2. The Morgan fingerprint density at radius 2 is 2.00 bits per heavy atom. The summed E-state index contributed by atoms with van der Waals surface area (Å²) in [6.45, 7) is 4.01. The number of carbonyl (C=O) groups is 1. The third-order valence-electron chi connectivity index (χ3n) is 2.42. The van der Waals surface area contributed by atoms with E-state index in [1.54, 1.807) is 0 Å². The maximum absolute atomic E-state index is 12.9. The Morgan fingerprint density at radius 3 is 2.56 bits per heavy atom. The van der Waals surface area contributed by atoms with E-state index >= 15 is 0 Å². The Kier molecular flexibility index (Phi) is 5.22. The highest BCUT2D eigenvalue weighted by atomic mass is 19.2. The first-order chi connectivity index (χ1) is 8.40. The number of halogens is 2. The van der Waals surface area contributed by atoms with Gasteiger partial charge >= 0.3 is 0 Å². The molecule has 2 N–H and O–H groups in total. The number of hydrogen-bond acceptors (Lipinski definition) is 2. The first kappa shape index (κ1) is 14.6. The number of aliphatic hydroxyl groups is 1. The smallest absolute Gasteiger partial charge is 0.251 e. The van der Waals surface area contributed by atoms with Crippen molar-refractivity contribution in [2.45, 2.75) is 26.4 Å². The van der Waals surface area contributed by atoms with E-state index in [9.17, 15) is 18.7 Å². The summed E-state index contributed by atoms with van der Waals surface area (Å²) in [5, 5.41) is 12.0. The van der Waals surface area contributed by atoms with E-state index in [2.05, 4.69) is 5.32 Å². The van der Waals surface area contributed by atoms with Gasteiger partial charge in [0.25, 0.3) is 5.91 Å². The summed E-state index contributed by atoms with van der Waals surface area (Å²) in [6.07, 6.45) is -0.0721. The maximum atomic E-state index is 12.9. The summed E-state index contributed by atoms with van der Waals surface area (Å²) in [7, 11) is 0. The fourth-order valence-corrected chi connectivity index (χ4v) is 1.58. The molecule has 3 nitrogen and oxygen atoms in total. The molecule has 1 aromatic carbocycles. The van der Waals surface area contributed by atoms with Crippen molar-refractivity contribution in [2.75, 3.05) is 6.54 Å². The molecule has 1 amide bonds. The molecular weight excluding hydrogens is 240 g/mol. The lowest BCUT2D eigenvalue weighted by atomic mass is 10.1. The predicted octanol–water partition coefficient (Wildman–Crippen LogP) is 2.10. The molecule has 0 aliphatic heterocycles. The van der Waals surface area contributed by atoms with Crippen molar-refractivity contribution in [3.63, 3.8) is 0 Å². The topological polar surface area (TPSA) is 49.3 Å². The molecule has 0 aromatic heterocycles. The number of aliphatic hydroxyl groups excluding tert-OH is 1. The van der Waals surface area contributed by atoms with E-state index in [4.69, 9.17) is 0 Å². The molecule has 0 bridgehead atoms. The Morgan fingerprint density at radius 1 is 1.33 bits per heavy atom. The van der Waals surface area contributed by atoms with Crippen LogP contribution in [0.2, 0.25) is 0 Å². The molecule has 0 aliphatic rings. The third kappa shape index (κ3) is 4.41. The SMILES string of the molecule is CC(C)CC(O)CNC(=O)c1ccc(F)c(F)c1. The van der Waals surface area contributed by atoms with Crippen LogP contribution in [-0.4, -0.2) is 23.7 Å². The second-order valence-electron chi connectivity index (χ2n) is 4.62. The average Bonchev–Trinajstić information content (AvgIpc) is 2.28. The van der Waals surface area contributed by atoms with Crippen LogP contribution in [0.4, 0.5) is 8.78 Å². The van der Waals surface area contributed by atoms with Gasteiger partial charge in [0.2, 0.25) is 0 Å². The van der Waals surface area contributed by atoms with Crippen LogP contribution < -0.4 is 5.32 Å². The largest absolute Gasteiger partial charge is 0.391 e. The molecule has 18 heavy (non-hydrogen) atoms. The van der Waals surface area contributed by atoms with Crippen LogP contribution in [0.3, 0.4) is 0 Å². The van der Waals surface area contributed by atoms with Gasteiger partial charge in [0.05, 0.1) is 6.10 Å². The summed E-state index contributed by atoms with van der Waals surface area (Å²) >= 11 is 0. The number of nitrogens with one attached hydrogen (secondary N) is 1. The second kappa shape index (κ2) is 6.44. The van der Waals surface area contributed by atoms with Crippen LogP contribution in [0.1, 0.15) is 30.6 Å². The lowest BCUT2D eigenvalue weighted by molar-refractivity contribution is 0.0899. The number of benzene rings is 1. The van der Waals surface area contributed by atoms with E-state index in [1.165, 1.54) is 6.07 Å². The molecule has 0 aliphatic carbocycles. The minimum atomic E-state index is -1.06. The minimum absolute atomic E-state index is 0.0330. The monoisotopic (exact) mass is 257 g/mol. The van der Waals surface area contributed by atoms with E-state index in [1.807, 2.05) is 13.8 Å². The molecule has 0 saturated carbocycles. The summed E-state index contributed by atoms with van der Waals surface area (Å²) in [4.78, 5) is 11.6. The van der Waals surface area contributed by atoms with Gasteiger partial charge in [-0.1, -0.05) is 13.8 Å². The fraction of sp³-hybridized carbons (Fsp3) is 0.462. The highest BCUT2D eigenvalue weighted by Gasteiger charge is 2.12. The zero-order valence-electron chi connectivity index (χ0n) is 10.4. The number of carbonyl (C=O) groups excluding carboxylic acids is 1. The lowest BCUT2D eigenvalue weighted by Gasteiger charge is -2.13. The van der Waals surface area contributed by atoms with Crippen LogP contribution >= 0.6 is 0 Å². The van der Waals surface area contributed by atoms with Gasteiger partial charge in [-0.05, 0) is 30.5 Å². The lowest BCUT2D eigenvalue weighted by Crippen LogP contribution is -2.32. The molecule has 1 aromatic rings. The van der Waals surface area contributed by atoms with Gasteiger partial charge in [-0.3, -0.25) is 4.79 Å². The predicted molar refractivity (Wildman–Crippen MR) is 64.2 cm³/mol. The number of hydrogen-bond donors (Lipinski definition) is 2. The molecule has 0 saturated heterocycles. The van der Waals surface area contributed by atoms with Crippen molar-refractivity contribution in [1.82, 2.24) is 5.32 Å². The molecule has 1 unspecified atom stereocenters. The summed E-state index contributed by atoms with van der Waals surface area (Å²) in [6, 6.07) is 2.93. The highest BCUT2D eigenvalue weighted by Crippen LogP contribution is 2.09. The molecule has 0 heterocycles. The molecule has 5 heteroatoms. The van der Waals surface area contributed by atoms with Crippen molar-refractivity contribution in [3.8, 4) is 0 Å². The van der Waals surface area contributed by atoms with Gasteiger partial charge in [-0.15, -0.1) is 0 Å². The van der Waals surface area contributed by atoms with Crippen molar-refractivity contribution in [1.29, 1.82) is 0 Å². The second-order valence-corrected chi connectivity index (χ2v) is 4.62. The van der Waals surface area contributed by atoms with E-state index in [-0.39, 0.29) is 12.1 Å². The van der Waals surface area contributed by atoms with Crippen LogP contribution in [0.15, 0.2) is 18.2 Å². The fourth-order valence-electron chi connectivity index (χ4n) is 1.58. The zero-order chi connectivity index (χ0) is 13.7. The van der Waals surface area contributed by atoms with Gasteiger partial charge in [-0.2, -0.15) is 0 Å². The quantitative estimate of drug-likeness (QED) is 0.848. The summed E-state index contributed by atoms with van der Waals surface area (Å²) in [5.74, 6) is -2.27. The van der Waals surface area contributed by atoms with E-state index in [0.717, 1.165) is 12.1 Å². The highest BCUT2D eigenvalue weighted by molar-refractivity contribution is 5.94. The van der Waals surface area contributed by atoms with Gasteiger partial charge in [0.15, 0.2) is 11.6 Å². The van der Waals surface area contributed by atoms with Crippen LogP contribution in [-0.2, 0) is 0 Å². The zero-order valence-corrected chi connectivity index (χ0v) is 10.4. The van der Waals surface area contributed by atoms with E-state index < -0.39 is 23.6 Å². The molecule has 0 radical (unpaired) electrons. The van der Waals surface area contributed by atoms with Gasteiger partial charge < -0.3 is 10.4 Å². The molecule has 1 atom stereocenters. The van der Waals surface area contributed by atoms with Gasteiger partial charge in [0, 0.05) is 12.1 Å². The average molecular weight is 257 g/mol. The first-order valence-electron chi connectivity index (χ1n) is 5.81. The Bertz CT molecular complexity index is 421. The summed E-state index contributed by atoms with van der Waals surface area (Å²) in [5.41, 5.74) is 0.0330. The molecule has 1 rings (SSSR count). The number of amides is 1. The van der Waals surface area contributed by atoms with E-state index in [0.29, 0.717) is 12.3 Å². The van der Waals surface area contributed by atoms with Crippen molar-refractivity contribution in [3.05, 3.63) is 35.4 Å². The van der Waals surface area contributed by atoms with Gasteiger partial charge in [0.1, 0.15) is 0 Å². The van der Waals surface area contributed by atoms with Crippen molar-refractivity contribution >= 4 is 5.91 Å². The molecule has 100 valence electrons. The minimum Gasteiger partial charge on any atom is -0.391 e. The molecule has 0 spiro atoms. The maximum Gasteiger partial charge on any atom is 0.251 e. The first-order valence-corrected chi connectivity index (χ1v) is 5.81. The van der Waals surface area contributed by atoms with Crippen molar-refractivity contribution < 1.29 is 18.7 Å². The number of rotatable bonds is 5. The van der Waals surface area contributed by atoms with Gasteiger partial charge in [-0.25, -0.2) is 8.78 Å². The van der Waals surface area contributed by atoms with Crippen molar-refractivity contribution in [2.24, 2.45) is 5.92 Å². The van der Waals surface area contributed by atoms with Crippen LogP contribution in [0, 0.1) is 17.6 Å².